The lowest BCUT2D eigenvalue weighted by Gasteiger charge is -2.09. The van der Waals surface area contributed by atoms with Crippen LogP contribution in [0.25, 0.3) is 16.2 Å². The Hall–Kier alpha value is -2.34. The minimum Gasteiger partial charge on any atom is -0.491 e. The third-order valence-electron chi connectivity index (χ3n) is 3.50. The van der Waals surface area contributed by atoms with Gasteiger partial charge in [-0.25, -0.2) is 4.98 Å². The number of imidazole rings is 1. The second-order valence-electron chi connectivity index (χ2n) is 5.65. The molecule has 2 aromatic heterocycles. The van der Waals surface area contributed by atoms with E-state index in [9.17, 15) is 4.79 Å². The molecule has 3 rings (SSSR count). The zero-order valence-corrected chi connectivity index (χ0v) is 14.1. The monoisotopic (exact) mass is 330 g/mol. The summed E-state index contributed by atoms with van der Waals surface area (Å²) in [7, 11) is 0. The molecule has 0 fully saturated rings. The van der Waals surface area contributed by atoms with Crippen LogP contribution in [0.1, 0.15) is 25.2 Å². The van der Waals surface area contributed by atoms with Gasteiger partial charge >= 0.3 is 5.97 Å². The van der Waals surface area contributed by atoms with Gasteiger partial charge in [-0.05, 0) is 45.0 Å². The molecule has 0 aliphatic carbocycles. The molecular formula is C17H18N2O3S. The van der Waals surface area contributed by atoms with Gasteiger partial charge in [0, 0.05) is 22.3 Å². The van der Waals surface area contributed by atoms with Crippen molar-refractivity contribution in [3.05, 3.63) is 41.0 Å². The van der Waals surface area contributed by atoms with Crippen LogP contribution in [-0.4, -0.2) is 26.6 Å². The van der Waals surface area contributed by atoms with Crippen LogP contribution in [0.3, 0.4) is 0 Å². The minimum absolute atomic E-state index is 0.00218. The Bertz CT molecular complexity index is 847. The van der Waals surface area contributed by atoms with Crippen molar-refractivity contribution in [2.45, 2.75) is 33.3 Å². The summed E-state index contributed by atoms with van der Waals surface area (Å²) in [5.74, 6) is -0.0106. The number of ether oxygens (including phenoxy) is 1. The second-order valence-corrected chi connectivity index (χ2v) is 6.49. The van der Waals surface area contributed by atoms with Gasteiger partial charge in [-0.3, -0.25) is 9.20 Å². The molecule has 0 bridgehead atoms. The molecule has 3 aromatic rings. The van der Waals surface area contributed by atoms with Gasteiger partial charge in [0.05, 0.1) is 18.2 Å². The van der Waals surface area contributed by atoms with Crippen molar-refractivity contribution in [1.29, 1.82) is 0 Å². The molecule has 0 aliphatic rings. The molecule has 0 radical (unpaired) electrons. The maximum atomic E-state index is 11.0. The topological polar surface area (TPSA) is 63.8 Å². The third-order valence-corrected chi connectivity index (χ3v) is 4.37. The SMILES string of the molecule is Cc1c(-c2ccc(OC(C)C)cc2)nc2scc(CC(=O)O)n12. The molecule has 0 unspecified atom stereocenters. The number of nitrogens with zero attached hydrogens (tertiary/aromatic N) is 2. The van der Waals surface area contributed by atoms with E-state index in [4.69, 9.17) is 9.84 Å². The van der Waals surface area contributed by atoms with Gasteiger partial charge in [0.25, 0.3) is 0 Å². The summed E-state index contributed by atoms with van der Waals surface area (Å²) in [5, 5.41) is 10.9. The number of carboxylic acid groups (broad SMARTS) is 1. The lowest BCUT2D eigenvalue weighted by atomic mass is 10.1. The summed E-state index contributed by atoms with van der Waals surface area (Å²) in [4.78, 5) is 16.4. The number of carboxylic acids is 1. The second kappa shape index (κ2) is 6.04. The fourth-order valence-electron chi connectivity index (χ4n) is 2.58. The minimum atomic E-state index is -0.838. The summed E-state index contributed by atoms with van der Waals surface area (Å²) < 4.78 is 7.58. The van der Waals surface area contributed by atoms with Gasteiger partial charge in [0.15, 0.2) is 4.96 Å². The van der Waals surface area contributed by atoms with Crippen LogP contribution in [0, 0.1) is 6.92 Å². The van der Waals surface area contributed by atoms with Crippen molar-refractivity contribution in [2.24, 2.45) is 0 Å². The molecule has 120 valence electrons. The molecule has 23 heavy (non-hydrogen) atoms. The largest absolute Gasteiger partial charge is 0.491 e. The van der Waals surface area contributed by atoms with Gasteiger partial charge in [-0.1, -0.05) is 0 Å². The van der Waals surface area contributed by atoms with Crippen LogP contribution in [0.4, 0.5) is 0 Å². The van der Waals surface area contributed by atoms with Gasteiger partial charge in [0.2, 0.25) is 0 Å². The van der Waals surface area contributed by atoms with E-state index in [0.717, 1.165) is 33.4 Å². The summed E-state index contributed by atoms with van der Waals surface area (Å²) in [6.07, 6.45) is 0.136. The number of hydrogen-bond acceptors (Lipinski definition) is 4. The summed E-state index contributed by atoms with van der Waals surface area (Å²) >= 11 is 1.46. The van der Waals surface area contributed by atoms with Crippen LogP contribution >= 0.6 is 11.3 Å². The molecule has 0 amide bonds. The number of carbonyl (C=O) groups is 1. The van der Waals surface area contributed by atoms with Crippen LogP contribution in [-0.2, 0) is 11.2 Å². The molecule has 0 saturated carbocycles. The Morgan fingerprint density at radius 2 is 2.04 bits per heavy atom. The molecule has 1 aromatic carbocycles. The average molecular weight is 330 g/mol. The van der Waals surface area contributed by atoms with E-state index in [1.165, 1.54) is 11.3 Å². The van der Waals surface area contributed by atoms with E-state index in [2.05, 4.69) is 4.98 Å². The Balaban J connectivity index is 1.98. The highest BCUT2D eigenvalue weighted by Crippen LogP contribution is 2.29. The Kier molecular flexibility index (Phi) is 4.09. The highest BCUT2D eigenvalue weighted by molar-refractivity contribution is 7.15. The van der Waals surface area contributed by atoms with Crippen LogP contribution < -0.4 is 4.74 Å². The molecule has 1 N–H and O–H groups in total. The van der Waals surface area contributed by atoms with Crippen LogP contribution in [0.2, 0.25) is 0 Å². The number of benzene rings is 1. The first kappa shape index (κ1) is 15.6. The van der Waals surface area contributed by atoms with Gasteiger partial charge in [0.1, 0.15) is 5.75 Å². The zero-order chi connectivity index (χ0) is 16.6. The van der Waals surface area contributed by atoms with Gasteiger partial charge in [-0.15, -0.1) is 11.3 Å². The lowest BCUT2D eigenvalue weighted by Crippen LogP contribution is -2.05. The first-order chi connectivity index (χ1) is 11.0. The van der Waals surface area contributed by atoms with E-state index in [-0.39, 0.29) is 12.5 Å². The van der Waals surface area contributed by atoms with Crippen molar-refractivity contribution < 1.29 is 14.6 Å². The number of rotatable bonds is 5. The van der Waals surface area contributed by atoms with Crippen molar-refractivity contribution in [2.75, 3.05) is 0 Å². The van der Waals surface area contributed by atoms with Crippen molar-refractivity contribution in [3.8, 4) is 17.0 Å². The van der Waals surface area contributed by atoms with Crippen molar-refractivity contribution in [1.82, 2.24) is 9.38 Å². The molecule has 2 heterocycles. The van der Waals surface area contributed by atoms with Gasteiger partial charge in [-0.2, -0.15) is 0 Å². The summed E-state index contributed by atoms with van der Waals surface area (Å²) in [5.41, 5.74) is 3.58. The quantitative estimate of drug-likeness (QED) is 0.773. The van der Waals surface area contributed by atoms with E-state index in [1.807, 2.05) is 54.8 Å². The van der Waals surface area contributed by atoms with Crippen LogP contribution in [0.5, 0.6) is 5.75 Å². The average Bonchev–Trinajstić information content (AvgIpc) is 3.00. The van der Waals surface area contributed by atoms with E-state index in [1.54, 1.807) is 0 Å². The molecule has 0 saturated heterocycles. The molecule has 0 aliphatic heterocycles. The maximum absolute atomic E-state index is 11.0. The number of aromatic nitrogens is 2. The number of fused-ring (bicyclic) bond motifs is 1. The Morgan fingerprint density at radius 3 is 2.65 bits per heavy atom. The summed E-state index contributed by atoms with van der Waals surface area (Å²) in [6.45, 7) is 5.95. The molecule has 0 spiro atoms. The normalized spacial score (nSPS) is 11.3. The Morgan fingerprint density at radius 1 is 1.35 bits per heavy atom. The fraction of sp³-hybridized carbons (Fsp3) is 0.294. The highest BCUT2D eigenvalue weighted by Gasteiger charge is 2.16. The van der Waals surface area contributed by atoms with Crippen molar-refractivity contribution >= 4 is 22.3 Å². The van der Waals surface area contributed by atoms with Gasteiger partial charge < -0.3 is 9.84 Å². The number of aliphatic carboxylic acids is 1. The van der Waals surface area contributed by atoms with E-state index in [0.29, 0.717) is 0 Å². The first-order valence-electron chi connectivity index (χ1n) is 7.40. The van der Waals surface area contributed by atoms with E-state index < -0.39 is 5.97 Å². The lowest BCUT2D eigenvalue weighted by molar-refractivity contribution is -0.136. The number of hydrogen-bond donors (Lipinski definition) is 1. The molecular weight excluding hydrogens is 312 g/mol. The molecule has 5 nitrogen and oxygen atoms in total. The first-order valence-corrected chi connectivity index (χ1v) is 8.28. The predicted molar refractivity (Wildman–Crippen MR) is 90.3 cm³/mol. The molecule has 0 atom stereocenters. The summed E-state index contributed by atoms with van der Waals surface area (Å²) in [6, 6.07) is 7.82. The Labute approximate surface area is 138 Å². The standard InChI is InChI=1S/C17H18N2O3S/c1-10(2)22-14-6-4-12(5-7-14)16-11(3)19-13(8-15(20)21)9-23-17(19)18-16/h4-7,9-10H,8H2,1-3H3,(H,20,21). The zero-order valence-electron chi connectivity index (χ0n) is 13.2. The maximum Gasteiger partial charge on any atom is 0.309 e. The number of aryl methyl sites for hydroxylation is 1. The smallest absolute Gasteiger partial charge is 0.309 e. The van der Waals surface area contributed by atoms with Crippen molar-refractivity contribution in [3.63, 3.8) is 0 Å². The van der Waals surface area contributed by atoms with Crippen LogP contribution in [0.15, 0.2) is 29.6 Å². The molecule has 6 heteroatoms. The van der Waals surface area contributed by atoms with E-state index >= 15 is 0 Å². The predicted octanol–water partition coefficient (Wildman–Crippen LogP) is 3.79. The fourth-order valence-corrected chi connectivity index (χ4v) is 3.51. The highest BCUT2D eigenvalue weighted by atomic mass is 32.1. The number of thiazole rings is 1. The third kappa shape index (κ3) is 3.07.